The molecule has 2 atom stereocenters. The van der Waals surface area contributed by atoms with Gasteiger partial charge in [0.25, 0.3) is 0 Å². The number of thioether (sulfide) groups is 1. The van der Waals surface area contributed by atoms with Crippen LogP contribution in [-0.2, 0) is 110 Å². The van der Waals surface area contributed by atoms with E-state index in [0.29, 0.717) is 51.0 Å². The number of rotatable bonds is 73. The number of aliphatic hydroxyl groups excluding tert-OH is 1. The van der Waals surface area contributed by atoms with Crippen LogP contribution in [0.3, 0.4) is 0 Å². The van der Waals surface area contributed by atoms with Crippen LogP contribution in [0.4, 0.5) is 0 Å². The molecule has 43 heteroatoms. The predicted molar refractivity (Wildman–Crippen MR) is 470 cm³/mol. The molecule has 1 heterocycles. The van der Waals surface area contributed by atoms with Crippen molar-refractivity contribution < 1.29 is 115 Å². The summed E-state index contributed by atoms with van der Waals surface area (Å²) < 4.78 is 37.2. The summed E-state index contributed by atoms with van der Waals surface area (Å²) in [6, 6.07) is 0. The summed E-state index contributed by atoms with van der Waals surface area (Å²) in [5, 5.41) is 12.4. The number of carbonyl (C=O) groups excluding carboxylic acids is 16. The molecule has 126 heavy (non-hydrogen) atoms. The van der Waals surface area contributed by atoms with Crippen molar-refractivity contribution >= 4 is 106 Å². The molecule has 1 saturated heterocycles. The Morgan fingerprint density at radius 3 is 0.929 bits per heavy atom. The van der Waals surface area contributed by atoms with Gasteiger partial charge < -0.3 is 125 Å². The summed E-state index contributed by atoms with van der Waals surface area (Å²) in [5.74, 6) is -9.08. The molecule has 0 bridgehead atoms. The van der Waals surface area contributed by atoms with Gasteiger partial charge in [0, 0.05) is 186 Å². The lowest BCUT2D eigenvalue weighted by atomic mass is 10.1. The molecule has 1 fully saturated rings. The molecule has 1 aliphatic heterocycles. The van der Waals surface area contributed by atoms with E-state index in [-0.39, 0.29) is 212 Å². The van der Waals surface area contributed by atoms with Crippen molar-refractivity contribution in [1.82, 2.24) is 69.0 Å². The van der Waals surface area contributed by atoms with Crippen molar-refractivity contribution in [3.8, 4) is 0 Å². The molecule has 0 aromatic heterocycles. The number of nitrogens with one attached hydrogen (secondary N) is 1. The fourth-order valence-corrected chi connectivity index (χ4v) is 13.6. The number of ether oxygens (including phenoxy) is 7. The topological polar surface area (TPSA) is 516 Å². The van der Waals surface area contributed by atoms with Gasteiger partial charge in [0.1, 0.15) is 0 Å². The molecular formula is C83H152N18O24S. The quantitative estimate of drug-likeness (QED) is 0.0252. The summed E-state index contributed by atoms with van der Waals surface area (Å²) >= 11 is 1.18. The van der Waals surface area contributed by atoms with Gasteiger partial charge in [0.15, 0.2) is 0 Å². The molecule has 0 spiro atoms. The minimum Gasteiger partial charge on any atom is -0.390 e. The van der Waals surface area contributed by atoms with Crippen LogP contribution in [0, 0.1) is 23.7 Å². The molecule has 1 rings (SSSR count). The number of likely N-dealkylation sites (tertiary alicyclic amines) is 1. The number of hydrogen-bond acceptors (Lipinski definition) is 28. The molecule has 1 aliphatic rings. The van der Waals surface area contributed by atoms with Gasteiger partial charge in [0.05, 0.1) is 136 Å². The maximum absolute atomic E-state index is 14.7. The first-order valence-corrected chi connectivity index (χ1v) is 44.6. The lowest BCUT2D eigenvalue weighted by Gasteiger charge is -2.33. The van der Waals surface area contributed by atoms with E-state index in [2.05, 4.69) is 5.32 Å². The van der Waals surface area contributed by atoms with Gasteiger partial charge in [-0.1, -0.05) is 61.8 Å². The van der Waals surface area contributed by atoms with Crippen molar-refractivity contribution in [2.24, 2.45) is 46.6 Å². The second-order valence-corrected chi connectivity index (χ2v) is 33.8. The normalized spacial score (nSPS) is 12.8. The average Bonchev–Trinajstić information content (AvgIpc) is 1.67. The highest BCUT2D eigenvalue weighted by molar-refractivity contribution is 8.00. The zero-order valence-electron chi connectivity index (χ0n) is 77.6. The maximum atomic E-state index is 14.7. The van der Waals surface area contributed by atoms with E-state index < -0.39 is 173 Å². The number of unbranched alkanes of at least 4 members (excludes halogenated alkanes) is 2. The Morgan fingerprint density at radius 1 is 0.381 bits per heavy atom. The van der Waals surface area contributed by atoms with Crippen LogP contribution >= 0.6 is 11.8 Å². The van der Waals surface area contributed by atoms with E-state index in [4.69, 9.17) is 56.1 Å². The molecule has 0 saturated carbocycles. The van der Waals surface area contributed by atoms with Crippen LogP contribution in [0.5, 0.6) is 0 Å². The van der Waals surface area contributed by atoms with E-state index in [9.17, 15) is 81.8 Å². The fourth-order valence-electron chi connectivity index (χ4n) is 12.5. The largest absolute Gasteiger partial charge is 0.390 e. The number of imide groups is 1. The number of carbonyl (C=O) groups is 16. The van der Waals surface area contributed by atoms with Crippen molar-refractivity contribution in [2.75, 3.05) is 291 Å². The number of aliphatic hydroxyl groups is 1. The predicted octanol–water partition coefficient (Wildman–Crippen LogP) is -3.73. The standard InChI is InChI=1S/C83H152N18O24S/c1-62(2)19-27-89(48-77(112)95(34-40-119-9)47-68(87)103)72(107)55-97(36-42-121-11)81(116)52-93(32-24-85)75(110)58-100(39-45-124-14)79(114)50-91(29-21-64(5)6)74(109)56-98(37-43-122-12)82(117)53-94(33-25-86)76(111)57-99(38-44-123-13)78(113)49-90(28-20-63(3)4)73(108)54-96(35-41-120-10)80(115)51-92(31-23-84)70(105)18-16-15-17-26-88-69(104)22-30-101-71(106)46-67(83(101)118)126-61-66(102)60-125-59-65(7)8/h62-67,102H,15-61,84-86H2,1-14H3,(H2,87,103)(H,88,104). The van der Waals surface area contributed by atoms with Crippen molar-refractivity contribution in [2.45, 2.75) is 125 Å². The summed E-state index contributed by atoms with van der Waals surface area (Å²) in [7, 11) is 8.38. The second kappa shape index (κ2) is 66.9. The third-order valence-corrected chi connectivity index (χ3v) is 21.4. The molecular weight excluding hydrogens is 1670 g/mol. The third kappa shape index (κ3) is 48.7. The van der Waals surface area contributed by atoms with Crippen LogP contribution in [0.2, 0.25) is 0 Å². The molecule has 0 aromatic carbocycles. The molecule has 0 aliphatic carbocycles. The zero-order chi connectivity index (χ0) is 94.8. The minimum absolute atomic E-state index is 0.00244. The molecule has 2 unspecified atom stereocenters. The Kier molecular flexibility index (Phi) is 61.4. The van der Waals surface area contributed by atoms with E-state index in [1.807, 2.05) is 55.4 Å². The Morgan fingerprint density at radius 2 is 0.659 bits per heavy atom. The second-order valence-electron chi connectivity index (χ2n) is 32.5. The molecule has 0 aromatic rings. The van der Waals surface area contributed by atoms with Crippen LogP contribution in [0.25, 0.3) is 0 Å². The first-order valence-electron chi connectivity index (χ1n) is 43.5. The maximum Gasteiger partial charge on any atom is 0.242 e. The number of nitrogens with zero attached hydrogens (tertiary/aromatic N) is 13. The van der Waals surface area contributed by atoms with E-state index in [1.165, 1.54) is 93.6 Å². The fraction of sp³-hybridized carbons (Fsp3) is 0.807. The summed E-state index contributed by atoms with van der Waals surface area (Å²) in [4.78, 5) is 238. The molecule has 16 amide bonds. The van der Waals surface area contributed by atoms with Gasteiger partial charge in [-0.15, -0.1) is 11.8 Å². The number of methoxy groups -OCH3 is 6. The zero-order valence-corrected chi connectivity index (χ0v) is 78.4. The lowest BCUT2D eigenvalue weighted by Crippen LogP contribution is -2.54. The smallest absolute Gasteiger partial charge is 0.242 e. The van der Waals surface area contributed by atoms with Gasteiger partial charge in [-0.2, -0.15) is 0 Å². The monoisotopic (exact) mass is 1820 g/mol. The number of nitrogens with two attached hydrogens (primary N) is 4. The van der Waals surface area contributed by atoms with E-state index in [1.54, 1.807) is 0 Å². The molecule has 0 radical (unpaired) electrons. The third-order valence-electron chi connectivity index (χ3n) is 20.1. The first-order chi connectivity index (χ1) is 59.9. The molecule has 724 valence electrons. The van der Waals surface area contributed by atoms with Gasteiger partial charge in [-0.25, -0.2) is 0 Å². The number of hydrogen-bond donors (Lipinski definition) is 6. The van der Waals surface area contributed by atoms with Gasteiger partial charge in [-0.3, -0.25) is 81.6 Å². The van der Waals surface area contributed by atoms with Gasteiger partial charge in [0.2, 0.25) is 94.5 Å². The molecule has 10 N–H and O–H groups in total. The Bertz CT molecular complexity index is 3310. The molecule has 42 nitrogen and oxygen atoms in total. The van der Waals surface area contributed by atoms with Crippen LogP contribution in [0.1, 0.15) is 113 Å². The van der Waals surface area contributed by atoms with Crippen molar-refractivity contribution in [3.05, 3.63) is 0 Å². The minimum atomic E-state index is -0.804. The van der Waals surface area contributed by atoms with Crippen molar-refractivity contribution in [1.29, 1.82) is 0 Å². The highest BCUT2D eigenvalue weighted by atomic mass is 32.2. The van der Waals surface area contributed by atoms with Gasteiger partial charge in [-0.05, 0) is 55.8 Å². The Hall–Kier alpha value is -8.37. The van der Waals surface area contributed by atoms with Crippen LogP contribution < -0.4 is 28.3 Å². The SMILES string of the molecule is COCCN(CC(N)=O)C(=O)CN(CCC(C)C)C(=O)CN(CCOC)C(=O)CN(CCN)C(=O)CN(CCOC)C(=O)CN(CCC(C)C)C(=O)CN(CCOC)C(=O)CN(CCN)C(=O)CN(CCOC)C(=O)CN(CCC(C)C)C(=O)CN(CCOC)C(=O)CN(CCN)C(=O)CCCCCNC(=O)CCN1C(=O)CC(SCC(O)COCC(C)C)C1=O. The first kappa shape index (κ1) is 116. The Balaban J connectivity index is 3.40. The summed E-state index contributed by atoms with van der Waals surface area (Å²) in [6.07, 6.45) is 1.78. The number of primary amides is 1. The van der Waals surface area contributed by atoms with Crippen LogP contribution in [0.15, 0.2) is 0 Å². The lowest BCUT2D eigenvalue weighted by molar-refractivity contribution is -0.149. The van der Waals surface area contributed by atoms with E-state index in [0.717, 1.165) is 24.5 Å². The highest BCUT2D eigenvalue weighted by Crippen LogP contribution is 2.26. The van der Waals surface area contributed by atoms with Crippen molar-refractivity contribution in [3.63, 3.8) is 0 Å². The average molecular weight is 1820 g/mol. The highest BCUT2D eigenvalue weighted by Gasteiger charge is 2.40. The summed E-state index contributed by atoms with van der Waals surface area (Å²) in [6.45, 7) is 8.40. The summed E-state index contributed by atoms with van der Waals surface area (Å²) in [5.41, 5.74) is 23.5. The van der Waals surface area contributed by atoms with E-state index >= 15 is 0 Å². The van der Waals surface area contributed by atoms with Gasteiger partial charge >= 0.3 is 0 Å². The van der Waals surface area contributed by atoms with Crippen LogP contribution in [-0.4, -0.2) is 466 Å². The Labute approximate surface area is 749 Å². The number of amides is 16.